The number of aromatic nitrogens is 2. The monoisotopic (exact) mass is 409 g/mol. The van der Waals surface area contributed by atoms with Crippen molar-refractivity contribution in [3.05, 3.63) is 27.7 Å². The Morgan fingerprint density at radius 2 is 1.82 bits per heavy atom. The molecular formula is C20H31N3O4S. The molecule has 4 rings (SSSR count). The van der Waals surface area contributed by atoms with Crippen LogP contribution in [-0.4, -0.2) is 64.9 Å². The second-order valence-electron chi connectivity index (χ2n) is 8.94. The standard InChI is InChI=1S/C20H31N3O4S/c24-19-13-17-3-1-2-4-18(17)21-23(19)14-16-5-9-22(10-6-16)15-20(25)7-11-28(26,27)12-8-20/h13,16,25H,1-12,14-15H2. The minimum absolute atomic E-state index is 0.0146. The molecule has 8 heteroatoms. The van der Waals surface area contributed by atoms with E-state index < -0.39 is 15.4 Å². The van der Waals surface area contributed by atoms with Gasteiger partial charge in [0.15, 0.2) is 9.84 Å². The van der Waals surface area contributed by atoms with E-state index in [-0.39, 0.29) is 17.1 Å². The first kappa shape index (κ1) is 20.0. The van der Waals surface area contributed by atoms with E-state index >= 15 is 0 Å². The van der Waals surface area contributed by atoms with Gasteiger partial charge in [-0.25, -0.2) is 13.1 Å². The van der Waals surface area contributed by atoms with Crippen molar-refractivity contribution in [1.82, 2.24) is 14.7 Å². The molecule has 0 spiro atoms. The van der Waals surface area contributed by atoms with Crippen LogP contribution < -0.4 is 5.56 Å². The molecule has 1 aromatic heterocycles. The SMILES string of the molecule is O=c1cc2c(nn1CC1CCN(CC3(O)CCS(=O)(=O)CC3)CC1)CCCC2. The van der Waals surface area contributed by atoms with E-state index in [4.69, 9.17) is 0 Å². The fourth-order valence-electron chi connectivity index (χ4n) is 4.80. The van der Waals surface area contributed by atoms with Gasteiger partial charge in [0, 0.05) is 19.2 Å². The molecule has 0 radical (unpaired) electrons. The minimum atomic E-state index is -2.97. The Morgan fingerprint density at radius 3 is 2.54 bits per heavy atom. The quantitative estimate of drug-likeness (QED) is 0.790. The normalized spacial score (nSPS) is 25.3. The lowest BCUT2D eigenvalue weighted by Crippen LogP contribution is -2.50. The second kappa shape index (κ2) is 7.88. The Kier molecular flexibility index (Phi) is 5.64. The summed E-state index contributed by atoms with van der Waals surface area (Å²) in [5.74, 6) is 0.601. The Bertz CT molecular complexity index is 858. The predicted molar refractivity (Wildman–Crippen MR) is 107 cm³/mol. The van der Waals surface area contributed by atoms with E-state index in [0.29, 0.717) is 31.8 Å². The molecule has 1 aromatic rings. The number of β-amino-alcohol motifs (C(OH)–C–C–N with tert-alkyl or cyclic N) is 1. The average molecular weight is 410 g/mol. The molecule has 0 atom stereocenters. The van der Waals surface area contributed by atoms with E-state index in [9.17, 15) is 18.3 Å². The number of rotatable bonds is 4. The zero-order valence-corrected chi connectivity index (χ0v) is 17.3. The Labute approximate surface area is 166 Å². The molecule has 156 valence electrons. The molecule has 0 aromatic carbocycles. The largest absolute Gasteiger partial charge is 0.388 e. The van der Waals surface area contributed by atoms with E-state index in [1.165, 1.54) is 0 Å². The number of likely N-dealkylation sites (tertiary alicyclic amines) is 1. The summed E-state index contributed by atoms with van der Waals surface area (Å²) < 4.78 is 24.9. The van der Waals surface area contributed by atoms with Crippen LogP contribution in [0, 0.1) is 5.92 Å². The highest BCUT2D eigenvalue weighted by molar-refractivity contribution is 7.91. The van der Waals surface area contributed by atoms with Gasteiger partial charge in [0.1, 0.15) is 0 Å². The lowest BCUT2D eigenvalue weighted by molar-refractivity contribution is -0.0137. The van der Waals surface area contributed by atoms with Crippen LogP contribution in [0.15, 0.2) is 10.9 Å². The van der Waals surface area contributed by atoms with Gasteiger partial charge in [0.05, 0.1) is 22.8 Å². The smallest absolute Gasteiger partial charge is 0.267 e. The topological polar surface area (TPSA) is 92.5 Å². The molecule has 0 amide bonds. The van der Waals surface area contributed by atoms with Gasteiger partial charge in [-0.3, -0.25) is 4.79 Å². The molecule has 0 bridgehead atoms. The number of aryl methyl sites for hydroxylation is 2. The summed E-state index contributed by atoms with van der Waals surface area (Å²) in [6.07, 6.45) is 6.87. The van der Waals surface area contributed by atoms with Gasteiger partial charge in [-0.1, -0.05) is 0 Å². The molecular weight excluding hydrogens is 378 g/mol. The van der Waals surface area contributed by atoms with Gasteiger partial charge in [0.2, 0.25) is 0 Å². The molecule has 0 unspecified atom stereocenters. The maximum atomic E-state index is 12.4. The lowest BCUT2D eigenvalue weighted by Gasteiger charge is -2.39. The van der Waals surface area contributed by atoms with Crippen LogP contribution in [0.25, 0.3) is 0 Å². The maximum Gasteiger partial charge on any atom is 0.267 e. The van der Waals surface area contributed by atoms with Crippen LogP contribution in [0.3, 0.4) is 0 Å². The third-order valence-corrected chi connectivity index (χ3v) is 8.34. The molecule has 3 heterocycles. The zero-order valence-electron chi connectivity index (χ0n) is 16.5. The van der Waals surface area contributed by atoms with Crippen LogP contribution in [0.1, 0.15) is 49.8 Å². The van der Waals surface area contributed by atoms with Gasteiger partial charge in [-0.2, -0.15) is 5.10 Å². The fourth-order valence-corrected chi connectivity index (χ4v) is 6.38. The number of aliphatic hydroxyl groups is 1. The first-order valence-corrected chi connectivity index (χ1v) is 12.4. The van der Waals surface area contributed by atoms with Crippen molar-refractivity contribution >= 4 is 9.84 Å². The number of nitrogens with zero attached hydrogens (tertiary/aromatic N) is 3. The molecule has 2 saturated heterocycles. The molecule has 7 nitrogen and oxygen atoms in total. The van der Waals surface area contributed by atoms with Gasteiger partial charge in [0.25, 0.3) is 5.56 Å². The molecule has 3 aliphatic rings. The van der Waals surface area contributed by atoms with Gasteiger partial charge in [-0.05, 0) is 75.9 Å². The number of hydrogen-bond donors (Lipinski definition) is 1. The Balaban J connectivity index is 1.31. The van der Waals surface area contributed by atoms with Crippen molar-refractivity contribution in [1.29, 1.82) is 0 Å². The van der Waals surface area contributed by atoms with E-state index in [2.05, 4.69) is 10.00 Å². The van der Waals surface area contributed by atoms with E-state index in [1.807, 2.05) is 0 Å². The highest BCUT2D eigenvalue weighted by Gasteiger charge is 2.37. The third kappa shape index (κ3) is 4.66. The van der Waals surface area contributed by atoms with E-state index in [1.54, 1.807) is 10.7 Å². The van der Waals surface area contributed by atoms with Crippen molar-refractivity contribution in [3.63, 3.8) is 0 Å². The van der Waals surface area contributed by atoms with Gasteiger partial charge < -0.3 is 10.0 Å². The number of fused-ring (bicyclic) bond motifs is 1. The first-order chi connectivity index (χ1) is 13.3. The summed E-state index contributed by atoms with van der Waals surface area (Å²) in [6, 6.07) is 1.78. The number of piperidine rings is 1. The van der Waals surface area contributed by atoms with Crippen LogP contribution in [-0.2, 0) is 29.2 Å². The Morgan fingerprint density at radius 1 is 1.14 bits per heavy atom. The van der Waals surface area contributed by atoms with Crippen LogP contribution >= 0.6 is 0 Å². The van der Waals surface area contributed by atoms with Crippen molar-refractivity contribution in [2.24, 2.45) is 5.92 Å². The highest BCUT2D eigenvalue weighted by atomic mass is 32.2. The summed E-state index contributed by atoms with van der Waals surface area (Å²) in [4.78, 5) is 14.6. The summed E-state index contributed by atoms with van der Waals surface area (Å²) in [7, 11) is -2.97. The molecule has 1 N–H and O–H groups in total. The zero-order chi connectivity index (χ0) is 19.8. The molecule has 2 fully saturated rings. The number of hydrogen-bond acceptors (Lipinski definition) is 6. The van der Waals surface area contributed by atoms with Crippen molar-refractivity contribution < 1.29 is 13.5 Å². The van der Waals surface area contributed by atoms with Crippen LogP contribution in [0.2, 0.25) is 0 Å². The average Bonchev–Trinajstić information content (AvgIpc) is 2.67. The highest BCUT2D eigenvalue weighted by Crippen LogP contribution is 2.27. The third-order valence-electron chi connectivity index (χ3n) is 6.69. The molecule has 2 aliphatic heterocycles. The minimum Gasteiger partial charge on any atom is -0.388 e. The van der Waals surface area contributed by atoms with Gasteiger partial charge >= 0.3 is 0 Å². The van der Waals surface area contributed by atoms with Gasteiger partial charge in [-0.15, -0.1) is 0 Å². The lowest BCUT2D eigenvalue weighted by atomic mass is 9.92. The van der Waals surface area contributed by atoms with Crippen LogP contribution in [0.4, 0.5) is 0 Å². The number of sulfone groups is 1. The maximum absolute atomic E-state index is 12.4. The summed E-state index contributed by atoms with van der Waals surface area (Å²) in [5, 5.41) is 15.4. The molecule has 1 aliphatic carbocycles. The fraction of sp³-hybridized carbons (Fsp3) is 0.800. The predicted octanol–water partition coefficient (Wildman–Crippen LogP) is 0.774. The summed E-state index contributed by atoms with van der Waals surface area (Å²) in [6.45, 7) is 2.97. The molecule has 28 heavy (non-hydrogen) atoms. The first-order valence-electron chi connectivity index (χ1n) is 10.6. The van der Waals surface area contributed by atoms with Crippen molar-refractivity contribution in [2.75, 3.05) is 31.1 Å². The van der Waals surface area contributed by atoms with E-state index in [0.717, 1.165) is 62.9 Å². The van der Waals surface area contributed by atoms with Crippen molar-refractivity contribution in [3.8, 4) is 0 Å². The van der Waals surface area contributed by atoms with Crippen molar-refractivity contribution in [2.45, 2.75) is 63.5 Å². The molecule has 0 saturated carbocycles. The Hall–Kier alpha value is -1.25. The summed E-state index contributed by atoms with van der Waals surface area (Å²) in [5.41, 5.74) is 1.36. The van der Waals surface area contributed by atoms with Crippen LogP contribution in [0.5, 0.6) is 0 Å². The summed E-state index contributed by atoms with van der Waals surface area (Å²) >= 11 is 0. The second-order valence-corrected chi connectivity index (χ2v) is 11.2.